The lowest BCUT2D eigenvalue weighted by Crippen LogP contribution is -2.31. The van der Waals surface area contributed by atoms with Crippen molar-refractivity contribution in [2.24, 2.45) is 0 Å². The number of likely N-dealkylation sites (tertiary alicyclic amines) is 1. The number of fused-ring (bicyclic) bond motifs is 1. The Labute approximate surface area is 198 Å². The SMILES string of the molecule is CC.[CH]=C=C[C@@H]1CCCN1CCn1c(C)c(Cc2ccc(C(=O)OC)cc2)c2ccccc21. The molecule has 0 N–H and O–H groups in total. The smallest absolute Gasteiger partial charge is 0.337 e. The van der Waals surface area contributed by atoms with Crippen LogP contribution in [0.3, 0.4) is 0 Å². The second-order valence-electron chi connectivity index (χ2n) is 8.18. The normalized spacial score (nSPS) is 15.6. The number of aromatic nitrogens is 1. The molecule has 0 bridgehead atoms. The van der Waals surface area contributed by atoms with E-state index >= 15 is 0 Å². The molecule has 1 atom stereocenters. The predicted octanol–water partition coefficient (Wildman–Crippen LogP) is 5.96. The number of carbonyl (C=O) groups excluding carboxylic acids is 1. The maximum atomic E-state index is 11.7. The number of esters is 1. The van der Waals surface area contributed by atoms with Gasteiger partial charge in [0.05, 0.1) is 12.7 Å². The van der Waals surface area contributed by atoms with Gasteiger partial charge >= 0.3 is 5.97 Å². The topological polar surface area (TPSA) is 34.5 Å². The van der Waals surface area contributed by atoms with Crippen molar-refractivity contribution in [3.63, 3.8) is 0 Å². The highest BCUT2D eigenvalue weighted by atomic mass is 16.5. The van der Waals surface area contributed by atoms with Gasteiger partial charge < -0.3 is 9.30 Å². The Bertz CT molecular complexity index is 1120. The summed E-state index contributed by atoms with van der Waals surface area (Å²) in [5.41, 5.74) is 8.40. The molecule has 1 fully saturated rings. The van der Waals surface area contributed by atoms with Crippen LogP contribution in [0, 0.1) is 13.5 Å². The van der Waals surface area contributed by atoms with E-state index in [9.17, 15) is 4.79 Å². The van der Waals surface area contributed by atoms with Crippen LogP contribution < -0.4 is 0 Å². The summed E-state index contributed by atoms with van der Waals surface area (Å²) in [7, 11) is 1.41. The van der Waals surface area contributed by atoms with Crippen molar-refractivity contribution in [2.45, 2.75) is 52.6 Å². The zero-order valence-corrected chi connectivity index (χ0v) is 20.3. The number of rotatable bonds is 7. The first kappa shape index (κ1) is 24.6. The fraction of sp³-hybridized carbons (Fsp3) is 0.379. The number of carbonyl (C=O) groups is 1. The molecular formula is C29H35N2O2. The maximum absolute atomic E-state index is 11.7. The summed E-state index contributed by atoms with van der Waals surface area (Å²) < 4.78 is 7.25. The summed E-state index contributed by atoms with van der Waals surface area (Å²) in [4.78, 5) is 14.2. The molecule has 4 rings (SSSR count). The van der Waals surface area contributed by atoms with Crippen molar-refractivity contribution in [1.29, 1.82) is 0 Å². The second kappa shape index (κ2) is 11.7. The van der Waals surface area contributed by atoms with Crippen LogP contribution in [0.25, 0.3) is 10.9 Å². The Morgan fingerprint density at radius 3 is 2.58 bits per heavy atom. The first-order valence-corrected chi connectivity index (χ1v) is 11.9. The van der Waals surface area contributed by atoms with Gasteiger partial charge in [-0.2, -0.15) is 0 Å². The molecule has 4 heteroatoms. The Morgan fingerprint density at radius 1 is 1.15 bits per heavy atom. The monoisotopic (exact) mass is 443 g/mol. The molecule has 2 aromatic carbocycles. The predicted molar refractivity (Wildman–Crippen MR) is 136 cm³/mol. The molecule has 0 aliphatic carbocycles. The fourth-order valence-corrected chi connectivity index (χ4v) is 4.75. The molecule has 0 amide bonds. The summed E-state index contributed by atoms with van der Waals surface area (Å²) in [6.07, 6.45) is 5.19. The quantitative estimate of drug-likeness (QED) is 0.334. The van der Waals surface area contributed by atoms with E-state index in [4.69, 9.17) is 11.3 Å². The van der Waals surface area contributed by atoms with Crippen molar-refractivity contribution < 1.29 is 9.53 Å². The minimum absolute atomic E-state index is 0.304. The van der Waals surface area contributed by atoms with Crippen LogP contribution in [0.15, 0.2) is 60.3 Å². The number of methoxy groups -OCH3 is 1. The average molecular weight is 444 g/mol. The summed E-state index contributed by atoms with van der Waals surface area (Å²) >= 11 is 0. The van der Waals surface area contributed by atoms with E-state index in [1.165, 1.54) is 41.3 Å². The van der Waals surface area contributed by atoms with E-state index in [1.807, 2.05) is 44.2 Å². The molecule has 0 saturated carbocycles. The third-order valence-electron chi connectivity index (χ3n) is 6.43. The van der Waals surface area contributed by atoms with Crippen molar-refractivity contribution >= 4 is 16.9 Å². The number of nitrogens with zero attached hydrogens (tertiary/aromatic N) is 2. The summed E-state index contributed by atoms with van der Waals surface area (Å²) in [5.74, 6) is -0.304. The van der Waals surface area contributed by atoms with Gasteiger partial charge in [-0.25, -0.2) is 4.79 Å². The number of benzene rings is 2. The Kier molecular flexibility index (Phi) is 8.71. The van der Waals surface area contributed by atoms with Crippen LogP contribution in [-0.4, -0.2) is 41.7 Å². The van der Waals surface area contributed by atoms with Crippen molar-refractivity contribution in [3.8, 4) is 0 Å². The average Bonchev–Trinajstić information content (AvgIpc) is 3.41. The molecule has 33 heavy (non-hydrogen) atoms. The van der Waals surface area contributed by atoms with Gasteiger partial charge in [-0.15, -0.1) is 5.73 Å². The fourth-order valence-electron chi connectivity index (χ4n) is 4.75. The maximum Gasteiger partial charge on any atom is 0.337 e. The lowest BCUT2D eigenvalue weighted by atomic mass is 10.0. The van der Waals surface area contributed by atoms with Crippen LogP contribution >= 0.6 is 0 Å². The van der Waals surface area contributed by atoms with Crippen molar-refractivity contribution in [2.75, 3.05) is 20.2 Å². The van der Waals surface area contributed by atoms with Crippen LogP contribution in [-0.2, 0) is 17.7 Å². The Morgan fingerprint density at radius 2 is 1.88 bits per heavy atom. The standard InChI is InChI=1S/C27H29N2O2.C2H6/c1-4-8-23-9-7-16-28(23)17-18-29-20(2)25(24-10-5-6-11-26(24)29)19-21-12-14-22(15-13-21)27(30)31-3;1-2/h1,5-6,8,10-15,23H,7,9,16-19H2,2-3H3;1-2H3/t4?,23-;/m1./s1. The van der Waals surface area contributed by atoms with Crippen LogP contribution in [0.1, 0.15) is 53.9 Å². The number of ether oxygens (including phenoxy) is 1. The summed E-state index contributed by atoms with van der Waals surface area (Å²) in [6.45, 7) is 14.8. The van der Waals surface area contributed by atoms with Gasteiger partial charge in [0.2, 0.25) is 0 Å². The van der Waals surface area contributed by atoms with Crippen LogP contribution in [0.4, 0.5) is 0 Å². The number of hydrogen-bond acceptors (Lipinski definition) is 3. The summed E-state index contributed by atoms with van der Waals surface area (Å²) in [6, 6.07) is 16.7. The highest BCUT2D eigenvalue weighted by Crippen LogP contribution is 2.29. The van der Waals surface area contributed by atoms with Gasteiger partial charge in [0.1, 0.15) is 0 Å². The van der Waals surface area contributed by atoms with Gasteiger partial charge in [-0.3, -0.25) is 4.90 Å². The summed E-state index contributed by atoms with van der Waals surface area (Å²) in [5, 5.41) is 1.30. The van der Waals surface area contributed by atoms with Gasteiger partial charge in [0.25, 0.3) is 0 Å². The van der Waals surface area contributed by atoms with Crippen LogP contribution in [0.5, 0.6) is 0 Å². The molecule has 4 nitrogen and oxygen atoms in total. The van der Waals surface area contributed by atoms with E-state index in [2.05, 4.69) is 46.4 Å². The lowest BCUT2D eigenvalue weighted by Gasteiger charge is -2.22. The molecule has 0 unspecified atom stereocenters. The van der Waals surface area contributed by atoms with E-state index in [-0.39, 0.29) is 5.97 Å². The van der Waals surface area contributed by atoms with E-state index in [0.29, 0.717) is 11.6 Å². The van der Waals surface area contributed by atoms with Crippen molar-refractivity contribution in [3.05, 3.63) is 89.3 Å². The Balaban J connectivity index is 0.00000149. The third-order valence-corrected chi connectivity index (χ3v) is 6.43. The minimum atomic E-state index is -0.304. The molecule has 0 spiro atoms. The second-order valence-corrected chi connectivity index (χ2v) is 8.18. The number of para-hydroxylation sites is 1. The zero-order valence-electron chi connectivity index (χ0n) is 20.3. The Hall–Kier alpha value is -3.07. The molecule has 1 saturated heterocycles. The number of hydrogen-bond donors (Lipinski definition) is 0. The molecule has 1 aliphatic rings. The third kappa shape index (κ3) is 5.47. The van der Waals surface area contributed by atoms with Gasteiger partial charge in [0, 0.05) is 35.7 Å². The molecule has 3 aromatic rings. The molecule has 1 aromatic heterocycles. The van der Waals surface area contributed by atoms with E-state index in [1.54, 1.807) is 0 Å². The van der Waals surface area contributed by atoms with Crippen LogP contribution in [0.2, 0.25) is 0 Å². The first-order chi connectivity index (χ1) is 16.1. The molecular weight excluding hydrogens is 408 g/mol. The van der Waals surface area contributed by atoms with Gasteiger partial charge in [0.15, 0.2) is 0 Å². The molecule has 1 aliphatic heterocycles. The highest BCUT2D eigenvalue weighted by Gasteiger charge is 2.22. The van der Waals surface area contributed by atoms with E-state index < -0.39 is 0 Å². The first-order valence-electron chi connectivity index (χ1n) is 11.9. The van der Waals surface area contributed by atoms with Gasteiger partial charge in [-0.05, 0) is 74.7 Å². The highest BCUT2D eigenvalue weighted by molar-refractivity contribution is 5.89. The van der Waals surface area contributed by atoms with Gasteiger partial charge in [-0.1, -0.05) is 44.2 Å². The largest absolute Gasteiger partial charge is 0.465 e. The minimum Gasteiger partial charge on any atom is -0.465 e. The molecule has 2 heterocycles. The van der Waals surface area contributed by atoms with E-state index in [0.717, 1.165) is 32.5 Å². The van der Waals surface area contributed by atoms with Crippen molar-refractivity contribution in [1.82, 2.24) is 9.47 Å². The molecule has 173 valence electrons. The zero-order chi connectivity index (χ0) is 23.8. The molecule has 1 radical (unpaired) electrons. The lowest BCUT2D eigenvalue weighted by molar-refractivity contribution is 0.0600.